The first kappa shape index (κ1) is 19.1. The summed E-state index contributed by atoms with van der Waals surface area (Å²) in [6.45, 7) is 0.769. The minimum Gasteiger partial charge on any atom is -0.497 e. The highest BCUT2D eigenvalue weighted by molar-refractivity contribution is 5.75. The molecule has 0 fully saturated rings. The highest BCUT2D eigenvalue weighted by Crippen LogP contribution is 2.11. The normalized spacial score (nSPS) is 11.5. The molecule has 0 aliphatic carbocycles. The number of hydrogen-bond donors (Lipinski definition) is 2. The number of rotatable bonds is 9. The fourth-order valence-electron chi connectivity index (χ4n) is 2.15. The first-order chi connectivity index (χ1) is 12.6. The number of methoxy groups -OCH3 is 1. The van der Waals surface area contributed by atoms with Crippen molar-refractivity contribution in [1.82, 2.24) is 5.32 Å². The SMILES string of the molecule is COc1ccc(CN/C=C(/C=N/Cc2ccc(CO)cc2)[N+](=O)[O-])cc1. The van der Waals surface area contributed by atoms with Crippen LogP contribution in [0.3, 0.4) is 0 Å². The third-order valence-corrected chi connectivity index (χ3v) is 3.63. The molecule has 2 aromatic rings. The van der Waals surface area contributed by atoms with Gasteiger partial charge in [0, 0.05) is 6.54 Å². The molecule has 2 aromatic carbocycles. The predicted molar refractivity (Wildman–Crippen MR) is 99.5 cm³/mol. The second kappa shape index (κ2) is 9.95. The Morgan fingerprint density at radius 1 is 1.15 bits per heavy atom. The number of nitrogens with zero attached hydrogens (tertiary/aromatic N) is 2. The summed E-state index contributed by atoms with van der Waals surface area (Å²) in [5.74, 6) is 0.759. The first-order valence-corrected chi connectivity index (χ1v) is 8.01. The maximum atomic E-state index is 11.1. The van der Waals surface area contributed by atoms with Crippen molar-refractivity contribution in [3.05, 3.63) is 87.2 Å². The van der Waals surface area contributed by atoms with Gasteiger partial charge >= 0.3 is 5.70 Å². The minimum atomic E-state index is -0.487. The van der Waals surface area contributed by atoms with Crippen LogP contribution in [0.25, 0.3) is 0 Å². The molecule has 0 spiro atoms. The third kappa shape index (κ3) is 6.03. The summed E-state index contributed by atoms with van der Waals surface area (Å²) in [6.07, 6.45) is 2.57. The Kier molecular flexibility index (Phi) is 7.32. The third-order valence-electron chi connectivity index (χ3n) is 3.63. The molecule has 0 aliphatic rings. The zero-order valence-corrected chi connectivity index (χ0v) is 14.5. The van der Waals surface area contributed by atoms with Gasteiger partial charge in [0.05, 0.1) is 31.4 Å². The van der Waals surface area contributed by atoms with Gasteiger partial charge in [0.25, 0.3) is 0 Å². The van der Waals surface area contributed by atoms with Crippen LogP contribution in [0, 0.1) is 10.1 Å². The van der Waals surface area contributed by atoms with E-state index < -0.39 is 4.92 Å². The molecule has 2 N–H and O–H groups in total. The molecule has 26 heavy (non-hydrogen) atoms. The lowest BCUT2D eigenvalue weighted by atomic mass is 10.1. The molecule has 0 saturated heterocycles. The van der Waals surface area contributed by atoms with Crippen LogP contribution in [-0.4, -0.2) is 23.4 Å². The summed E-state index contributed by atoms with van der Waals surface area (Å²) in [7, 11) is 1.60. The van der Waals surface area contributed by atoms with Gasteiger partial charge in [-0.05, 0) is 28.8 Å². The molecule has 0 heterocycles. The van der Waals surface area contributed by atoms with Crippen molar-refractivity contribution in [3.63, 3.8) is 0 Å². The lowest BCUT2D eigenvalue weighted by Crippen LogP contribution is -2.10. The van der Waals surface area contributed by atoms with Gasteiger partial charge < -0.3 is 15.2 Å². The zero-order valence-electron chi connectivity index (χ0n) is 14.5. The number of aliphatic imine (C=N–C) groups is 1. The summed E-state index contributed by atoms with van der Waals surface area (Å²) in [5, 5.41) is 23.0. The largest absolute Gasteiger partial charge is 0.497 e. The van der Waals surface area contributed by atoms with Crippen molar-refractivity contribution in [2.24, 2.45) is 4.99 Å². The summed E-state index contributed by atoms with van der Waals surface area (Å²) >= 11 is 0. The van der Waals surface area contributed by atoms with Crippen LogP contribution in [0.1, 0.15) is 16.7 Å². The Bertz CT molecular complexity index is 768. The van der Waals surface area contributed by atoms with E-state index in [2.05, 4.69) is 10.3 Å². The second-order valence-electron chi connectivity index (χ2n) is 5.50. The van der Waals surface area contributed by atoms with Gasteiger partial charge in [0.1, 0.15) is 12.0 Å². The topological polar surface area (TPSA) is 97.0 Å². The molecule has 0 unspecified atom stereocenters. The van der Waals surface area contributed by atoms with E-state index in [1.54, 1.807) is 19.2 Å². The van der Waals surface area contributed by atoms with Gasteiger partial charge in [-0.1, -0.05) is 36.4 Å². The highest BCUT2D eigenvalue weighted by atomic mass is 16.6. The first-order valence-electron chi connectivity index (χ1n) is 8.01. The quantitative estimate of drug-likeness (QED) is 0.409. The van der Waals surface area contributed by atoms with Crippen molar-refractivity contribution in [1.29, 1.82) is 0 Å². The molecule has 0 saturated carbocycles. The van der Waals surface area contributed by atoms with Gasteiger partial charge in [-0.2, -0.15) is 0 Å². The number of hydrogen-bond acceptors (Lipinski definition) is 6. The van der Waals surface area contributed by atoms with Crippen LogP contribution in [0.2, 0.25) is 0 Å². The fourth-order valence-corrected chi connectivity index (χ4v) is 2.15. The highest BCUT2D eigenvalue weighted by Gasteiger charge is 2.06. The fraction of sp³-hybridized carbons (Fsp3) is 0.211. The predicted octanol–water partition coefficient (Wildman–Crippen LogP) is 2.67. The van der Waals surface area contributed by atoms with Gasteiger partial charge in [0.15, 0.2) is 0 Å². The van der Waals surface area contributed by atoms with E-state index in [1.165, 1.54) is 12.4 Å². The average molecular weight is 355 g/mol. The number of nitro groups is 1. The Balaban J connectivity index is 1.91. The standard InChI is InChI=1S/C19H21N3O4/c1-26-19-8-6-16(7-9-19)11-21-13-18(22(24)25)12-20-10-15-2-4-17(14-23)5-3-15/h2-9,12-13,21,23H,10-11,14H2,1H3/b18-13-,20-12+. The Labute approximate surface area is 151 Å². The molecule has 0 atom stereocenters. The lowest BCUT2D eigenvalue weighted by Gasteiger charge is -2.03. The van der Waals surface area contributed by atoms with Gasteiger partial charge in [-0.15, -0.1) is 0 Å². The van der Waals surface area contributed by atoms with Crippen molar-refractivity contribution in [3.8, 4) is 5.75 Å². The van der Waals surface area contributed by atoms with Gasteiger partial charge in [0.2, 0.25) is 0 Å². The van der Waals surface area contributed by atoms with Crippen molar-refractivity contribution >= 4 is 6.21 Å². The summed E-state index contributed by atoms with van der Waals surface area (Å²) < 4.78 is 5.09. The molecule has 136 valence electrons. The van der Waals surface area contributed by atoms with E-state index in [9.17, 15) is 10.1 Å². The van der Waals surface area contributed by atoms with E-state index in [-0.39, 0.29) is 12.3 Å². The van der Waals surface area contributed by atoms with Crippen molar-refractivity contribution in [2.75, 3.05) is 7.11 Å². The van der Waals surface area contributed by atoms with E-state index in [0.717, 1.165) is 22.4 Å². The Hall–Kier alpha value is -3.19. The lowest BCUT2D eigenvalue weighted by molar-refractivity contribution is -0.414. The van der Waals surface area contributed by atoms with Crippen LogP contribution in [0.15, 0.2) is 65.4 Å². The van der Waals surface area contributed by atoms with Crippen LogP contribution in [0.5, 0.6) is 5.75 Å². The maximum Gasteiger partial charge on any atom is 0.302 e. The molecule has 0 aliphatic heterocycles. The second-order valence-corrected chi connectivity index (χ2v) is 5.50. The number of ether oxygens (including phenoxy) is 1. The van der Waals surface area contributed by atoms with Crippen LogP contribution < -0.4 is 10.1 Å². The summed E-state index contributed by atoms with van der Waals surface area (Å²) in [4.78, 5) is 14.7. The number of aliphatic hydroxyl groups excluding tert-OH is 1. The Morgan fingerprint density at radius 2 is 1.77 bits per heavy atom. The van der Waals surface area contributed by atoms with Crippen molar-refractivity contribution < 1.29 is 14.8 Å². The number of allylic oxidation sites excluding steroid dienone is 1. The number of nitrogens with one attached hydrogen (secondary N) is 1. The summed E-state index contributed by atoms with van der Waals surface area (Å²) in [5.41, 5.74) is 2.58. The van der Waals surface area contributed by atoms with E-state index >= 15 is 0 Å². The van der Waals surface area contributed by atoms with Crippen LogP contribution >= 0.6 is 0 Å². The van der Waals surface area contributed by atoms with E-state index in [1.807, 2.05) is 36.4 Å². The molecular formula is C19H21N3O4. The molecular weight excluding hydrogens is 334 g/mol. The minimum absolute atomic E-state index is 0.0162. The number of benzene rings is 2. The molecule has 2 rings (SSSR count). The van der Waals surface area contributed by atoms with Crippen LogP contribution in [0.4, 0.5) is 0 Å². The number of aliphatic hydroxyl groups is 1. The van der Waals surface area contributed by atoms with Gasteiger partial charge in [-0.3, -0.25) is 15.1 Å². The summed E-state index contributed by atoms with van der Waals surface area (Å²) in [6, 6.07) is 14.7. The smallest absolute Gasteiger partial charge is 0.302 e. The average Bonchev–Trinajstić information content (AvgIpc) is 2.67. The van der Waals surface area contributed by atoms with Gasteiger partial charge in [-0.25, -0.2) is 0 Å². The van der Waals surface area contributed by atoms with Crippen molar-refractivity contribution in [2.45, 2.75) is 19.7 Å². The molecule has 0 radical (unpaired) electrons. The maximum absolute atomic E-state index is 11.1. The van der Waals surface area contributed by atoms with Crippen LogP contribution in [-0.2, 0) is 19.7 Å². The molecule has 7 nitrogen and oxygen atoms in total. The monoisotopic (exact) mass is 355 g/mol. The van der Waals surface area contributed by atoms with E-state index in [4.69, 9.17) is 9.84 Å². The van der Waals surface area contributed by atoms with E-state index in [0.29, 0.717) is 13.1 Å². The molecule has 0 bridgehead atoms. The molecule has 0 aromatic heterocycles. The molecule has 7 heteroatoms. The Morgan fingerprint density at radius 3 is 2.35 bits per heavy atom. The molecule has 0 amide bonds. The zero-order chi connectivity index (χ0) is 18.8.